The molecule has 12 heteroatoms. The van der Waals surface area contributed by atoms with Gasteiger partial charge in [-0.2, -0.15) is 0 Å². The van der Waals surface area contributed by atoms with Gasteiger partial charge in [0.2, 0.25) is 0 Å². The predicted octanol–water partition coefficient (Wildman–Crippen LogP) is 5.45. The number of rotatable bonds is 16. The number of carboxylic acid groups (broad SMARTS) is 1. The molecule has 0 amide bonds. The van der Waals surface area contributed by atoms with Crippen LogP contribution in [0.3, 0.4) is 0 Å². The number of methoxy groups -OCH3 is 1. The largest absolute Gasteiger partial charge is 0.480 e. The highest BCUT2D eigenvalue weighted by Gasteiger charge is 2.28. The summed E-state index contributed by atoms with van der Waals surface area (Å²) in [6.45, 7) is 1.11. The summed E-state index contributed by atoms with van der Waals surface area (Å²) in [7, 11) is 4.11. The first kappa shape index (κ1) is 32.8. The Balaban J connectivity index is 2.13. The number of aliphatic carboxylic acids is 1. The maximum atomic E-state index is 12.8. The highest BCUT2D eigenvalue weighted by Crippen LogP contribution is 2.25. The number of esters is 1. The summed E-state index contributed by atoms with van der Waals surface area (Å²) in [6, 6.07) is 14.6. The number of hydrogen-bond donors (Lipinski definition) is 2. The van der Waals surface area contributed by atoms with Crippen LogP contribution in [0, 0.1) is 7.14 Å². The van der Waals surface area contributed by atoms with E-state index in [1.54, 1.807) is 0 Å². The normalized spacial score (nSPS) is 12.7. The fourth-order valence-electron chi connectivity index (χ4n) is 3.24. The van der Waals surface area contributed by atoms with Gasteiger partial charge in [-0.3, -0.25) is 14.5 Å². The number of benzene rings is 2. The first-order valence-corrected chi connectivity index (χ1v) is 16.7. The molecule has 2 aromatic carbocycles. The van der Waals surface area contributed by atoms with Gasteiger partial charge in [0.25, 0.3) is 0 Å². The van der Waals surface area contributed by atoms with Gasteiger partial charge in [0.05, 0.1) is 7.11 Å². The van der Waals surface area contributed by atoms with E-state index in [1.165, 1.54) is 28.7 Å². The predicted molar refractivity (Wildman–Crippen MR) is 179 cm³/mol. The summed E-state index contributed by atoms with van der Waals surface area (Å²) in [4.78, 5) is 27.5. The molecule has 200 valence electrons. The van der Waals surface area contributed by atoms with Gasteiger partial charge < -0.3 is 15.6 Å². The molecule has 0 aliphatic carbocycles. The number of hydrogen-bond acceptors (Lipinski definition) is 9. The third-order valence-electron chi connectivity index (χ3n) is 5.37. The number of nitrogens with two attached hydrogens (primary N) is 1. The highest BCUT2D eigenvalue weighted by atomic mass is 127. The van der Waals surface area contributed by atoms with Gasteiger partial charge in [0.1, 0.15) is 12.1 Å². The molecule has 0 bridgehead atoms. The molecule has 0 fully saturated rings. The van der Waals surface area contributed by atoms with Crippen molar-refractivity contribution in [1.82, 2.24) is 4.90 Å². The number of carbonyl (C=O) groups excluding carboxylic acids is 1. The SMILES string of the molecule is COC(=O)[C@H](CSSCC(N)C(=O)O)N(CCC(=S)c1ccc(I)cc1)CCC(=S)c1ccc(I)cc1. The smallest absolute Gasteiger partial charge is 0.323 e. The van der Waals surface area contributed by atoms with Crippen molar-refractivity contribution in [2.24, 2.45) is 5.73 Å². The second-order valence-corrected chi connectivity index (χ2v) is 14.0. The molecule has 3 N–H and O–H groups in total. The van der Waals surface area contributed by atoms with Gasteiger partial charge in [-0.05, 0) is 93.4 Å². The molecule has 0 spiro atoms. The lowest BCUT2D eigenvalue weighted by Gasteiger charge is -2.30. The van der Waals surface area contributed by atoms with Gasteiger partial charge >= 0.3 is 11.9 Å². The second kappa shape index (κ2) is 17.4. The Morgan fingerprint density at radius 3 is 1.76 bits per heavy atom. The lowest BCUT2D eigenvalue weighted by molar-refractivity contribution is -0.146. The Labute approximate surface area is 263 Å². The van der Waals surface area contributed by atoms with Crippen LogP contribution < -0.4 is 5.73 Å². The Kier molecular flexibility index (Phi) is 15.4. The third kappa shape index (κ3) is 11.7. The summed E-state index contributed by atoms with van der Waals surface area (Å²) in [5.41, 5.74) is 7.59. The van der Waals surface area contributed by atoms with Crippen LogP contribution in [0.15, 0.2) is 48.5 Å². The van der Waals surface area contributed by atoms with Gasteiger partial charge in [0, 0.05) is 41.5 Å². The minimum absolute atomic E-state index is 0.238. The third-order valence-corrected chi connectivity index (χ3v) is 10.1. The number of ether oxygens (including phenoxy) is 1. The molecule has 1 unspecified atom stereocenters. The number of nitrogens with zero attached hydrogens (tertiary/aromatic N) is 1. The maximum Gasteiger partial charge on any atom is 0.323 e. The Morgan fingerprint density at radius 2 is 1.35 bits per heavy atom. The van der Waals surface area contributed by atoms with Crippen molar-refractivity contribution >= 4 is 113 Å². The van der Waals surface area contributed by atoms with Gasteiger partial charge in [-0.1, -0.05) is 70.3 Å². The van der Waals surface area contributed by atoms with Crippen LogP contribution in [0.2, 0.25) is 0 Å². The Hall–Kier alpha value is -0.360. The van der Waals surface area contributed by atoms with E-state index in [-0.39, 0.29) is 11.7 Å². The summed E-state index contributed by atoms with van der Waals surface area (Å²) >= 11 is 15.9. The van der Waals surface area contributed by atoms with Crippen molar-refractivity contribution in [3.63, 3.8) is 0 Å². The fraction of sp³-hybridized carbons (Fsp3) is 0.360. The van der Waals surface area contributed by atoms with E-state index in [0.717, 1.165) is 28.0 Å². The lowest BCUT2D eigenvalue weighted by Crippen LogP contribution is -2.45. The second-order valence-electron chi connectivity index (χ2n) is 7.95. The molecule has 6 nitrogen and oxygen atoms in total. The standard InChI is InChI=1S/C25H28I2N2O4S4/c1-33-25(32)21(15-37-36-14-20(28)24(30)31)29(12-10-22(34)16-2-6-18(26)7-3-16)13-11-23(35)17-4-8-19(27)9-5-17/h2-9,20-21H,10-15,28H2,1H3,(H,30,31)/t20?,21-/m0/s1. The average Bonchev–Trinajstić information content (AvgIpc) is 2.89. The minimum Gasteiger partial charge on any atom is -0.480 e. The lowest BCUT2D eigenvalue weighted by atomic mass is 10.1. The Morgan fingerprint density at radius 1 is 0.919 bits per heavy atom. The zero-order chi connectivity index (χ0) is 27.4. The molecule has 0 aliphatic heterocycles. The van der Waals surface area contributed by atoms with Crippen molar-refractivity contribution in [1.29, 1.82) is 0 Å². The Bertz CT molecular complexity index is 1010. The summed E-state index contributed by atoms with van der Waals surface area (Å²) in [5, 5.41) is 9.01. The molecule has 0 radical (unpaired) electrons. The monoisotopic (exact) mass is 802 g/mol. The number of carbonyl (C=O) groups is 2. The van der Waals surface area contributed by atoms with Crippen molar-refractivity contribution < 1.29 is 19.4 Å². The zero-order valence-electron chi connectivity index (χ0n) is 20.1. The average molecular weight is 803 g/mol. The van der Waals surface area contributed by atoms with Crippen molar-refractivity contribution in [3.05, 3.63) is 66.8 Å². The van der Waals surface area contributed by atoms with Gasteiger partial charge in [0.15, 0.2) is 0 Å². The molecule has 37 heavy (non-hydrogen) atoms. The van der Waals surface area contributed by atoms with E-state index in [4.69, 9.17) is 40.0 Å². The van der Waals surface area contributed by atoms with E-state index in [0.29, 0.717) is 31.7 Å². The highest BCUT2D eigenvalue weighted by molar-refractivity contribution is 14.1. The molecule has 0 aromatic heterocycles. The van der Waals surface area contributed by atoms with Gasteiger partial charge in [-0.25, -0.2) is 0 Å². The van der Waals surface area contributed by atoms with Crippen molar-refractivity contribution in [2.45, 2.75) is 24.9 Å². The number of halogens is 2. The quantitative estimate of drug-likeness (QED) is 0.0571. The summed E-state index contributed by atoms with van der Waals surface area (Å²) in [6.07, 6.45) is 1.20. The van der Waals surface area contributed by atoms with Gasteiger partial charge in [-0.15, -0.1) is 0 Å². The fourth-order valence-corrected chi connectivity index (χ4v) is 6.77. The summed E-state index contributed by atoms with van der Waals surface area (Å²) < 4.78 is 7.40. The first-order chi connectivity index (χ1) is 17.6. The molecular formula is C25H28I2N2O4S4. The molecule has 0 aliphatic rings. The van der Waals surface area contributed by atoms with E-state index in [1.807, 2.05) is 48.5 Å². The summed E-state index contributed by atoms with van der Waals surface area (Å²) in [5.74, 6) is -0.749. The van der Waals surface area contributed by atoms with Crippen molar-refractivity contribution in [2.75, 3.05) is 31.7 Å². The van der Waals surface area contributed by atoms with E-state index < -0.39 is 18.1 Å². The van der Waals surface area contributed by atoms with Crippen LogP contribution in [0.1, 0.15) is 24.0 Å². The molecule has 2 atom stereocenters. The first-order valence-electron chi connectivity index (χ1n) is 11.2. The van der Waals surface area contributed by atoms with Crippen LogP contribution >= 0.6 is 91.2 Å². The van der Waals surface area contributed by atoms with Crippen LogP contribution in [-0.4, -0.2) is 75.5 Å². The van der Waals surface area contributed by atoms with E-state index in [2.05, 4.69) is 50.1 Å². The van der Waals surface area contributed by atoms with Crippen LogP contribution in [-0.2, 0) is 14.3 Å². The maximum absolute atomic E-state index is 12.8. The topological polar surface area (TPSA) is 92.9 Å². The molecule has 2 rings (SSSR count). The van der Waals surface area contributed by atoms with Crippen molar-refractivity contribution in [3.8, 4) is 0 Å². The van der Waals surface area contributed by atoms with E-state index >= 15 is 0 Å². The molecule has 2 aromatic rings. The molecule has 0 heterocycles. The van der Waals surface area contributed by atoms with Crippen LogP contribution in [0.5, 0.6) is 0 Å². The molecule has 0 saturated carbocycles. The van der Waals surface area contributed by atoms with Crippen LogP contribution in [0.4, 0.5) is 0 Å². The number of carboxylic acids is 1. The van der Waals surface area contributed by atoms with Crippen LogP contribution in [0.25, 0.3) is 0 Å². The molecule has 0 saturated heterocycles. The molecular weight excluding hydrogens is 774 g/mol. The zero-order valence-corrected chi connectivity index (χ0v) is 27.7. The minimum atomic E-state index is -1.05. The van der Waals surface area contributed by atoms with E-state index in [9.17, 15) is 9.59 Å². The number of thiocarbonyl (C=S) groups is 2.